The van der Waals surface area contributed by atoms with Gasteiger partial charge in [0.2, 0.25) is 5.88 Å². The molecule has 3 N–H and O–H groups in total. The zero-order chi connectivity index (χ0) is 22.7. The summed E-state index contributed by atoms with van der Waals surface area (Å²) in [6, 6.07) is 13.8. The molecule has 1 unspecified atom stereocenters. The summed E-state index contributed by atoms with van der Waals surface area (Å²) in [5, 5.41) is 15.1. The van der Waals surface area contributed by atoms with Gasteiger partial charge < -0.3 is 29.6 Å². The first kappa shape index (κ1) is 21.9. The van der Waals surface area contributed by atoms with E-state index < -0.39 is 6.10 Å². The number of nitrogens with zero attached hydrogens (tertiary/aromatic N) is 2. The summed E-state index contributed by atoms with van der Waals surface area (Å²) in [4.78, 5) is 12.2. The number of aromatic nitrogens is 3. The number of benzene rings is 2. The Hall–Kier alpha value is -3.36. The van der Waals surface area contributed by atoms with Gasteiger partial charge in [-0.25, -0.2) is 0 Å². The molecule has 168 valence electrons. The Bertz CT molecular complexity index is 1220. The highest BCUT2D eigenvalue weighted by molar-refractivity contribution is 5.86. The molecule has 1 atom stereocenters. The van der Waals surface area contributed by atoms with Gasteiger partial charge in [-0.2, -0.15) is 9.97 Å². The number of aryl methyl sites for hydroxylation is 1. The lowest BCUT2D eigenvalue weighted by Gasteiger charge is -2.15. The lowest BCUT2D eigenvalue weighted by Crippen LogP contribution is -2.35. The summed E-state index contributed by atoms with van der Waals surface area (Å²) in [5.74, 6) is 1.67. The van der Waals surface area contributed by atoms with E-state index in [9.17, 15) is 5.11 Å². The number of aromatic amines is 1. The third-order valence-corrected chi connectivity index (χ3v) is 4.96. The van der Waals surface area contributed by atoms with Gasteiger partial charge in [0, 0.05) is 29.2 Å². The molecule has 0 amide bonds. The summed E-state index contributed by atoms with van der Waals surface area (Å²) in [5.41, 5.74) is 2.77. The monoisotopic (exact) mass is 436 g/mol. The van der Waals surface area contributed by atoms with Crippen molar-refractivity contribution < 1.29 is 19.3 Å². The van der Waals surface area contributed by atoms with Crippen molar-refractivity contribution in [3.05, 3.63) is 48.2 Å². The van der Waals surface area contributed by atoms with Gasteiger partial charge in [-0.05, 0) is 49.4 Å². The van der Waals surface area contributed by atoms with E-state index in [1.54, 1.807) is 7.11 Å². The maximum atomic E-state index is 10.2. The second kappa shape index (κ2) is 9.42. The number of fused-ring (bicyclic) bond motifs is 2. The van der Waals surface area contributed by atoms with Gasteiger partial charge in [0.05, 0.1) is 18.0 Å². The van der Waals surface area contributed by atoms with Crippen LogP contribution >= 0.6 is 0 Å². The van der Waals surface area contributed by atoms with Crippen LogP contribution in [0.2, 0.25) is 0 Å². The van der Waals surface area contributed by atoms with Crippen LogP contribution in [-0.4, -0.2) is 52.5 Å². The van der Waals surface area contributed by atoms with Crippen molar-refractivity contribution in [1.82, 2.24) is 20.3 Å². The topological polar surface area (TPSA) is 102 Å². The Morgan fingerprint density at radius 1 is 1.06 bits per heavy atom. The maximum Gasteiger partial charge on any atom is 0.320 e. The molecule has 4 aromatic rings. The van der Waals surface area contributed by atoms with Crippen LogP contribution in [0.25, 0.3) is 21.8 Å². The van der Waals surface area contributed by atoms with E-state index >= 15 is 0 Å². The van der Waals surface area contributed by atoms with Gasteiger partial charge in [0.25, 0.3) is 0 Å². The van der Waals surface area contributed by atoms with Crippen LogP contribution in [0.15, 0.2) is 42.5 Å². The van der Waals surface area contributed by atoms with Gasteiger partial charge in [-0.15, -0.1) is 0 Å². The number of methoxy groups -OCH3 is 1. The molecule has 0 fully saturated rings. The minimum absolute atomic E-state index is 0.0649. The molecule has 0 spiro atoms. The molecule has 0 saturated carbocycles. The van der Waals surface area contributed by atoms with Gasteiger partial charge >= 0.3 is 6.01 Å². The minimum Gasteiger partial charge on any atom is -0.497 e. The Labute approximate surface area is 186 Å². The molecule has 2 heterocycles. The number of nitrogens with one attached hydrogen (secondary N) is 2. The van der Waals surface area contributed by atoms with Crippen molar-refractivity contribution >= 4 is 21.8 Å². The van der Waals surface area contributed by atoms with E-state index in [-0.39, 0.29) is 18.7 Å². The number of aliphatic hydroxyl groups is 1. The van der Waals surface area contributed by atoms with E-state index in [2.05, 4.69) is 26.3 Å². The van der Waals surface area contributed by atoms with Crippen LogP contribution in [0.3, 0.4) is 0 Å². The minimum atomic E-state index is -0.684. The van der Waals surface area contributed by atoms with Crippen LogP contribution < -0.4 is 19.5 Å². The van der Waals surface area contributed by atoms with Crippen LogP contribution in [0.5, 0.6) is 23.4 Å². The van der Waals surface area contributed by atoms with Crippen LogP contribution in [0.1, 0.15) is 19.5 Å². The predicted molar refractivity (Wildman–Crippen MR) is 124 cm³/mol. The molecule has 2 aromatic carbocycles. The summed E-state index contributed by atoms with van der Waals surface area (Å²) in [6.45, 7) is 6.53. The lowest BCUT2D eigenvalue weighted by molar-refractivity contribution is 0.0992. The summed E-state index contributed by atoms with van der Waals surface area (Å²) in [6.07, 6.45) is -0.684. The second-order valence-corrected chi connectivity index (χ2v) is 8.03. The Balaban J connectivity index is 1.63. The number of H-pyrrole nitrogens is 1. The zero-order valence-corrected chi connectivity index (χ0v) is 18.7. The van der Waals surface area contributed by atoms with E-state index in [1.165, 1.54) is 0 Å². The molecular formula is C24H28N4O4. The molecule has 0 aliphatic carbocycles. The zero-order valence-electron chi connectivity index (χ0n) is 18.7. The number of hydrogen-bond acceptors (Lipinski definition) is 7. The molecule has 8 nitrogen and oxygen atoms in total. The number of rotatable bonds is 9. The molecule has 0 bridgehead atoms. The third kappa shape index (κ3) is 5.09. The molecule has 2 aromatic heterocycles. The first-order chi connectivity index (χ1) is 15.4. The van der Waals surface area contributed by atoms with Crippen LogP contribution in [0, 0.1) is 6.92 Å². The Morgan fingerprint density at radius 2 is 1.88 bits per heavy atom. The molecule has 32 heavy (non-hydrogen) atoms. The molecule has 8 heteroatoms. The Morgan fingerprint density at radius 3 is 2.66 bits per heavy atom. The van der Waals surface area contributed by atoms with Gasteiger partial charge in [-0.1, -0.05) is 13.8 Å². The standard InChI is InChI=1S/C24H28N4O4/c1-14(2)25-12-17(29)13-31-24-27-22-8-5-18(30-4)11-20(22)23(28-24)32-19-6-7-21-16(10-19)9-15(3)26-21/h5-11,14,17,25-26,29H,12-13H2,1-4H3. The summed E-state index contributed by atoms with van der Waals surface area (Å²) >= 11 is 0. The molecule has 0 radical (unpaired) electrons. The summed E-state index contributed by atoms with van der Waals surface area (Å²) < 4.78 is 17.2. The fraction of sp³-hybridized carbons (Fsp3) is 0.333. The second-order valence-electron chi connectivity index (χ2n) is 8.03. The number of hydrogen-bond donors (Lipinski definition) is 3. The van der Waals surface area contributed by atoms with Crippen LogP contribution in [0.4, 0.5) is 0 Å². The lowest BCUT2D eigenvalue weighted by atomic mass is 10.2. The van der Waals surface area contributed by atoms with Crippen LogP contribution in [-0.2, 0) is 0 Å². The van der Waals surface area contributed by atoms with Gasteiger partial charge in [0.1, 0.15) is 24.2 Å². The third-order valence-electron chi connectivity index (χ3n) is 4.96. The highest BCUT2D eigenvalue weighted by atomic mass is 16.5. The van der Waals surface area contributed by atoms with E-state index in [0.717, 1.165) is 16.6 Å². The number of aliphatic hydroxyl groups excluding tert-OH is 1. The van der Waals surface area contributed by atoms with Crippen molar-refractivity contribution in [1.29, 1.82) is 0 Å². The highest BCUT2D eigenvalue weighted by Crippen LogP contribution is 2.33. The van der Waals surface area contributed by atoms with E-state index in [0.29, 0.717) is 34.8 Å². The van der Waals surface area contributed by atoms with Gasteiger partial charge in [-0.3, -0.25) is 0 Å². The molecular weight excluding hydrogens is 408 g/mol. The fourth-order valence-electron chi connectivity index (χ4n) is 3.36. The SMILES string of the molecule is COc1ccc2nc(OCC(O)CNC(C)C)nc(Oc3ccc4[nH]c(C)cc4c3)c2c1. The average molecular weight is 437 g/mol. The largest absolute Gasteiger partial charge is 0.497 e. The van der Waals surface area contributed by atoms with Crippen molar-refractivity contribution in [3.63, 3.8) is 0 Å². The normalized spacial score (nSPS) is 12.4. The van der Waals surface area contributed by atoms with E-state index in [4.69, 9.17) is 14.2 Å². The maximum absolute atomic E-state index is 10.2. The molecule has 0 aliphatic rings. The van der Waals surface area contributed by atoms with Gasteiger partial charge in [0.15, 0.2) is 0 Å². The quantitative estimate of drug-likeness (QED) is 0.365. The first-order valence-electron chi connectivity index (χ1n) is 10.6. The van der Waals surface area contributed by atoms with Crippen molar-refractivity contribution in [2.24, 2.45) is 0 Å². The van der Waals surface area contributed by atoms with E-state index in [1.807, 2.05) is 57.2 Å². The van der Waals surface area contributed by atoms with Crippen molar-refractivity contribution in [2.75, 3.05) is 20.3 Å². The molecule has 0 aliphatic heterocycles. The summed E-state index contributed by atoms with van der Waals surface area (Å²) in [7, 11) is 1.61. The fourth-order valence-corrected chi connectivity index (χ4v) is 3.36. The predicted octanol–water partition coefficient (Wildman–Crippen LogP) is 3.96. The van der Waals surface area contributed by atoms with Crippen molar-refractivity contribution in [3.8, 4) is 23.4 Å². The number of ether oxygens (including phenoxy) is 3. The van der Waals surface area contributed by atoms with Crippen molar-refractivity contribution in [2.45, 2.75) is 32.9 Å². The average Bonchev–Trinajstić information content (AvgIpc) is 3.15. The molecule has 4 rings (SSSR count). The highest BCUT2D eigenvalue weighted by Gasteiger charge is 2.14. The Kier molecular flexibility index (Phi) is 6.43. The molecule has 0 saturated heterocycles. The smallest absolute Gasteiger partial charge is 0.320 e. The first-order valence-corrected chi connectivity index (χ1v) is 10.6.